The lowest BCUT2D eigenvalue weighted by Crippen LogP contribution is -2.49. The fraction of sp³-hybridized carbons (Fsp3) is 0.450. The van der Waals surface area contributed by atoms with E-state index in [0.717, 1.165) is 35.9 Å². The number of aliphatic hydroxyl groups excluding tert-OH is 1. The Morgan fingerprint density at radius 2 is 2.07 bits per heavy atom. The van der Waals surface area contributed by atoms with Gasteiger partial charge in [0.15, 0.2) is 11.5 Å². The molecular formula is C20H22N2O6S. The second-order valence-corrected chi connectivity index (χ2v) is 8.12. The van der Waals surface area contributed by atoms with Gasteiger partial charge in [-0.25, -0.2) is 0 Å². The molecule has 8 nitrogen and oxygen atoms in total. The number of thioether (sulfide) groups is 1. The average molecular weight is 418 g/mol. The second-order valence-electron chi connectivity index (χ2n) is 7.13. The van der Waals surface area contributed by atoms with E-state index in [4.69, 9.17) is 9.47 Å². The van der Waals surface area contributed by atoms with E-state index >= 15 is 0 Å². The smallest absolute Gasteiger partial charge is 0.294 e. The number of rotatable bonds is 5. The highest BCUT2D eigenvalue weighted by molar-refractivity contribution is 8.18. The maximum atomic E-state index is 12.8. The molecule has 154 valence electrons. The largest absolute Gasteiger partial charge is 0.454 e. The first-order valence-electron chi connectivity index (χ1n) is 9.62. The molecule has 1 N–H and O–H groups in total. The second kappa shape index (κ2) is 8.46. The van der Waals surface area contributed by atoms with Crippen molar-refractivity contribution in [2.24, 2.45) is 0 Å². The van der Waals surface area contributed by atoms with Crippen molar-refractivity contribution < 1.29 is 29.0 Å². The zero-order valence-electron chi connectivity index (χ0n) is 15.8. The number of amides is 3. The summed E-state index contributed by atoms with van der Waals surface area (Å²) in [7, 11) is 0. The van der Waals surface area contributed by atoms with E-state index in [9.17, 15) is 19.5 Å². The number of imide groups is 1. The number of hydrogen-bond donors (Lipinski definition) is 1. The lowest BCUT2D eigenvalue weighted by atomic mass is 9.99. The average Bonchev–Trinajstić information content (AvgIpc) is 3.28. The van der Waals surface area contributed by atoms with Gasteiger partial charge in [-0.3, -0.25) is 19.3 Å². The van der Waals surface area contributed by atoms with Crippen LogP contribution in [0.5, 0.6) is 11.5 Å². The lowest BCUT2D eigenvalue weighted by molar-refractivity contribution is -0.139. The molecule has 4 rings (SSSR count). The third-order valence-electron chi connectivity index (χ3n) is 5.27. The maximum Gasteiger partial charge on any atom is 0.294 e. The molecule has 3 amide bonds. The monoisotopic (exact) mass is 418 g/mol. The van der Waals surface area contributed by atoms with E-state index in [1.165, 1.54) is 0 Å². The Hall–Kier alpha value is -2.52. The van der Waals surface area contributed by atoms with Gasteiger partial charge in [-0.2, -0.15) is 0 Å². The summed E-state index contributed by atoms with van der Waals surface area (Å²) < 4.78 is 10.6. The van der Waals surface area contributed by atoms with Crippen LogP contribution in [0.4, 0.5) is 4.79 Å². The quantitative estimate of drug-likeness (QED) is 0.733. The number of piperidine rings is 1. The number of benzene rings is 1. The van der Waals surface area contributed by atoms with Crippen LogP contribution in [0.3, 0.4) is 0 Å². The van der Waals surface area contributed by atoms with Gasteiger partial charge in [0.2, 0.25) is 12.7 Å². The summed E-state index contributed by atoms with van der Waals surface area (Å²) in [4.78, 5) is 40.8. The number of ether oxygens (including phenoxy) is 2. The summed E-state index contributed by atoms with van der Waals surface area (Å²) in [6.45, 7) is 0.483. The molecule has 0 bridgehead atoms. The van der Waals surface area contributed by atoms with Crippen LogP contribution in [0.25, 0.3) is 6.08 Å². The van der Waals surface area contributed by atoms with Crippen LogP contribution >= 0.6 is 11.8 Å². The van der Waals surface area contributed by atoms with Crippen molar-refractivity contribution in [1.29, 1.82) is 0 Å². The molecule has 9 heteroatoms. The Labute approximate surface area is 172 Å². The van der Waals surface area contributed by atoms with E-state index in [1.54, 1.807) is 29.2 Å². The van der Waals surface area contributed by atoms with Gasteiger partial charge in [0.25, 0.3) is 11.1 Å². The van der Waals surface area contributed by atoms with Crippen molar-refractivity contribution in [3.8, 4) is 11.5 Å². The third-order valence-corrected chi connectivity index (χ3v) is 6.18. The molecule has 1 aromatic rings. The minimum Gasteiger partial charge on any atom is -0.454 e. The van der Waals surface area contributed by atoms with Crippen LogP contribution in [-0.2, 0) is 9.59 Å². The van der Waals surface area contributed by atoms with Crippen LogP contribution < -0.4 is 9.47 Å². The molecule has 1 atom stereocenters. The number of carbonyl (C=O) groups is 3. The van der Waals surface area contributed by atoms with Crippen molar-refractivity contribution in [2.45, 2.75) is 31.7 Å². The first-order chi connectivity index (χ1) is 14.1. The molecule has 1 aromatic carbocycles. The summed E-state index contributed by atoms with van der Waals surface area (Å²) in [5, 5.41) is 8.78. The van der Waals surface area contributed by atoms with Crippen LogP contribution in [0.15, 0.2) is 23.1 Å². The van der Waals surface area contributed by atoms with E-state index in [1.807, 2.05) is 0 Å². The molecule has 3 aliphatic heterocycles. The molecular weight excluding hydrogens is 396 g/mol. The lowest BCUT2D eigenvalue weighted by Gasteiger charge is -2.36. The molecule has 29 heavy (non-hydrogen) atoms. The Bertz CT molecular complexity index is 869. The number of likely N-dealkylation sites (tertiary alicyclic amines) is 1. The number of nitrogens with zero attached hydrogens (tertiary/aromatic N) is 2. The van der Waals surface area contributed by atoms with Crippen LogP contribution in [0.2, 0.25) is 0 Å². The van der Waals surface area contributed by atoms with Crippen molar-refractivity contribution in [2.75, 3.05) is 26.5 Å². The SMILES string of the molecule is O=C1S/C(=C\c2ccc3c(c2)OCO3)C(=O)N1CC(=O)N1CCCC[C@@H]1CCO. The summed E-state index contributed by atoms with van der Waals surface area (Å²) in [6, 6.07) is 5.24. The van der Waals surface area contributed by atoms with Crippen LogP contribution in [0, 0.1) is 0 Å². The first kappa shape index (κ1) is 19.8. The minimum absolute atomic E-state index is 0.00823. The van der Waals surface area contributed by atoms with Gasteiger partial charge in [-0.05, 0) is 61.2 Å². The Morgan fingerprint density at radius 1 is 1.24 bits per heavy atom. The van der Waals surface area contributed by atoms with E-state index < -0.39 is 11.1 Å². The van der Waals surface area contributed by atoms with Gasteiger partial charge < -0.3 is 19.5 Å². The van der Waals surface area contributed by atoms with Crippen molar-refractivity contribution in [3.63, 3.8) is 0 Å². The predicted octanol–water partition coefficient (Wildman–Crippen LogP) is 2.22. The molecule has 0 radical (unpaired) electrons. The van der Waals surface area contributed by atoms with E-state index in [0.29, 0.717) is 30.0 Å². The molecule has 0 unspecified atom stereocenters. The molecule has 0 aliphatic carbocycles. The van der Waals surface area contributed by atoms with Gasteiger partial charge in [-0.1, -0.05) is 6.07 Å². The molecule has 0 spiro atoms. The zero-order chi connectivity index (χ0) is 20.4. The number of fused-ring (bicyclic) bond motifs is 1. The summed E-state index contributed by atoms with van der Waals surface area (Å²) in [5.74, 6) is 0.504. The first-order valence-corrected chi connectivity index (χ1v) is 10.4. The molecule has 2 fully saturated rings. The Kier molecular flexibility index (Phi) is 5.77. The molecule has 3 heterocycles. The van der Waals surface area contributed by atoms with Gasteiger partial charge in [0.1, 0.15) is 6.54 Å². The number of hydrogen-bond acceptors (Lipinski definition) is 7. The summed E-state index contributed by atoms with van der Waals surface area (Å²) in [5.41, 5.74) is 0.713. The Morgan fingerprint density at radius 3 is 2.90 bits per heavy atom. The highest BCUT2D eigenvalue weighted by Gasteiger charge is 2.38. The van der Waals surface area contributed by atoms with Crippen molar-refractivity contribution in [3.05, 3.63) is 28.7 Å². The van der Waals surface area contributed by atoms with E-state index in [2.05, 4.69) is 0 Å². The van der Waals surface area contributed by atoms with Crippen LogP contribution in [-0.4, -0.2) is 64.5 Å². The standard InChI is InChI=1S/C20H22N2O6S/c23-8-6-14-3-1-2-7-21(14)18(24)11-22-19(25)17(29-20(22)26)10-13-4-5-15-16(9-13)28-12-27-15/h4-5,9-10,14,23H,1-3,6-8,11-12H2/b17-10-/t14-/m1/s1. The van der Waals surface area contributed by atoms with Crippen molar-refractivity contribution in [1.82, 2.24) is 9.80 Å². The predicted molar refractivity (Wildman–Crippen MR) is 106 cm³/mol. The number of carbonyl (C=O) groups excluding carboxylic acids is 3. The highest BCUT2D eigenvalue weighted by atomic mass is 32.2. The third kappa shape index (κ3) is 4.11. The van der Waals surface area contributed by atoms with E-state index in [-0.39, 0.29) is 36.8 Å². The molecule has 0 saturated carbocycles. The van der Waals surface area contributed by atoms with Gasteiger partial charge >= 0.3 is 0 Å². The fourth-order valence-corrected chi connectivity index (χ4v) is 4.63. The normalized spacial score (nSPS) is 22.7. The zero-order valence-corrected chi connectivity index (χ0v) is 16.7. The topological polar surface area (TPSA) is 96.4 Å². The molecule has 0 aromatic heterocycles. The van der Waals surface area contributed by atoms with Gasteiger partial charge in [0.05, 0.1) is 4.91 Å². The Balaban J connectivity index is 1.46. The number of aliphatic hydroxyl groups is 1. The minimum atomic E-state index is -0.471. The maximum absolute atomic E-state index is 12.8. The fourth-order valence-electron chi connectivity index (χ4n) is 3.79. The van der Waals surface area contributed by atoms with Crippen LogP contribution in [0.1, 0.15) is 31.2 Å². The highest BCUT2D eigenvalue weighted by Crippen LogP contribution is 2.36. The molecule has 3 aliphatic rings. The van der Waals surface area contributed by atoms with Gasteiger partial charge in [-0.15, -0.1) is 0 Å². The molecule has 2 saturated heterocycles. The van der Waals surface area contributed by atoms with Gasteiger partial charge in [0, 0.05) is 19.2 Å². The van der Waals surface area contributed by atoms with Crippen molar-refractivity contribution >= 4 is 34.9 Å². The summed E-state index contributed by atoms with van der Waals surface area (Å²) >= 11 is 0.825. The summed E-state index contributed by atoms with van der Waals surface area (Å²) in [6.07, 6.45) is 4.86.